The molecule has 0 saturated heterocycles. The van der Waals surface area contributed by atoms with Crippen LogP contribution in [0.4, 0.5) is 11.4 Å². The minimum atomic E-state index is -1.20. The van der Waals surface area contributed by atoms with E-state index in [1.54, 1.807) is 12.1 Å². The van der Waals surface area contributed by atoms with Crippen molar-refractivity contribution in [1.29, 1.82) is 0 Å². The SMILES string of the molecule is COc1ccc(/C=N\Nc2cccc([N+](=O)[O-])c2)c(C(=O)O)c1OC. The van der Waals surface area contributed by atoms with Crippen LogP contribution in [-0.4, -0.2) is 36.4 Å². The summed E-state index contributed by atoms with van der Waals surface area (Å²) in [6, 6.07) is 8.84. The first-order valence-electron chi connectivity index (χ1n) is 6.99. The average Bonchev–Trinajstić information content (AvgIpc) is 2.61. The van der Waals surface area contributed by atoms with E-state index in [1.807, 2.05) is 0 Å². The summed E-state index contributed by atoms with van der Waals surface area (Å²) in [5.74, 6) is -0.842. The van der Waals surface area contributed by atoms with Gasteiger partial charge in [0, 0.05) is 17.7 Å². The largest absolute Gasteiger partial charge is 0.493 e. The van der Waals surface area contributed by atoms with E-state index in [4.69, 9.17) is 9.47 Å². The molecule has 0 aromatic heterocycles. The molecule has 9 nitrogen and oxygen atoms in total. The fourth-order valence-electron chi connectivity index (χ4n) is 2.14. The van der Waals surface area contributed by atoms with Crippen molar-refractivity contribution < 1.29 is 24.3 Å². The Hall–Kier alpha value is -3.62. The lowest BCUT2D eigenvalue weighted by Gasteiger charge is -2.12. The summed E-state index contributed by atoms with van der Waals surface area (Å²) in [4.78, 5) is 21.8. The number of ether oxygens (including phenoxy) is 2. The number of hydrazone groups is 1. The number of aromatic carboxylic acids is 1. The van der Waals surface area contributed by atoms with Crippen molar-refractivity contribution in [3.63, 3.8) is 0 Å². The number of rotatable bonds is 7. The van der Waals surface area contributed by atoms with E-state index in [9.17, 15) is 20.0 Å². The molecule has 0 aliphatic carbocycles. The zero-order valence-corrected chi connectivity index (χ0v) is 13.4. The Morgan fingerprint density at radius 2 is 2.04 bits per heavy atom. The van der Waals surface area contributed by atoms with E-state index in [0.717, 1.165) is 0 Å². The van der Waals surface area contributed by atoms with Crippen LogP contribution >= 0.6 is 0 Å². The number of carboxylic acid groups (broad SMARTS) is 1. The summed E-state index contributed by atoms with van der Waals surface area (Å²) >= 11 is 0. The van der Waals surface area contributed by atoms with Crippen molar-refractivity contribution in [1.82, 2.24) is 0 Å². The molecule has 0 aliphatic rings. The van der Waals surface area contributed by atoms with Crippen LogP contribution in [0.1, 0.15) is 15.9 Å². The Morgan fingerprint density at radius 3 is 2.64 bits per heavy atom. The van der Waals surface area contributed by atoms with Gasteiger partial charge in [-0.3, -0.25) is 15.5 Å². The first kappa shape index (κ1) is 17.7. The molecular weight excluding hydrogens is 330 g/mol. The van der Waals surface area contributed by atoms with Gasteiger partial charge < -0.3 is 14.6 Å². The number of hydrogen-bond donors (Lipinski definition) is 2. The van der Waals surface area contributed by atoms with Gasteiger partial charge in [0.2, 0.25) is 0 Å². The van der Waals surface area contributed by atoms with Crippen molar-refractivity contribution in [2.75, 3.05) is 19.6 Å². The standard InChI is InChI=1S/C16H15N3O6/c1-24-13-7-6-10(14(16(20)21)15(13)25-2)9-17-18-11-4-3-5-12(8-11)19(22)23/h3-9,18H,1-2H3,(H,20,21)/b17-9-. The highest BCUT2D eigenvalue weighted by atomic mass is 16.6. The van der Waals surface area contributed by atoms with Crippen molar-refractivity contribution in [2.45, 2.75) is 0 Å². The summed E-state index contributed by atoms with van der Waals surface area (Å²) < 4.78 is 10.2. The molecule has 2 aromatic rings. The van der Waals surface area contributed by atoms with Crippen molar-refractivity contribution in [3.8, 4) is 11.5 Å². The van der Waals surface area contributed by atoms with E-state index in [2.05, 4.69) is 10.5 Å². The lowest BCUT2D eigenvalue weighted by atomic mass is 10.1. The number of nitro groups is 1. The first-order chi connectivity index (χ1) is 12.0. The lowest BCUT2D eigenvalue weighted by molar-refractivity contribution is -0.384. The number of methoxy groups -OCH3 is 2. The van der Waals surface area contributed by atoms with Crippen molar-refractivity contribution in [3.05, 3.63) is 57.6 Å². The molecule has 0 bridgehead atoms. The highest BCUT2D eigenvalue weighted by Gasteiger charge is 2.20. The predicted molar refractivity (Wildman–Crippen MR) is 90.8 cm³/mol. The lowest BCUT2D eigenvalue weighted by Crippen LogP contribution is -2.07. The normalized spacial score (nSPS) is 10.5. The number of carboxylic acids is 1. The molecule has 0 saturated carbocycles. The number of anilines is 1. The van der Waals surface area contributed by atoms with Crippen LogP contribution in [0.25, 0.3) is 0 Å². The predicted octanol–water partition coefficient (Wildman–Crippen LogP) is 2.76. The van der Waals surface area contributed by atoms with Gasteiger partial charge in [-0.25, -0.2) is 4.79 Å². The molecule has 0 amide bonds. The van der Waals surface area contributed by atoms with Crippen LogP contribution in [0.5, 0.6) is 11.5 Å². The van der Waals surface area contributed by atoms with Crippen LogP contribution in [0.3, 0.4) is 0 Å². The topological polar surface area (TPSA) is 123 Å². The summed E-state index contributed by atoms with van der Waals surface area (Å²) in [7, 11) is 2.74. The average molecular weight is 345 g/mol. The Balaban J connectivity index is 2.30. The van der Waals surface area contributed by atoms with Gasteiger partial charge in [0.25, 0.3) is 5.69 Å². The maximum Gasteiger partial charge on any atom is 0.340 e. The van der Waals surface area contributed by atoms with Gasteiger partial charge in [-0.05, 0) is 18.2 Å². The molecule has 9 heteroatoms. The zero-order valence-electron chi connectivity index (χ0n) is 13.4. The summed E-state index contributed by atoms with van der Waals surface area (Å²) in [6.07, 6.45) is 1.28. The molecule has 0 spiro atoms. The molecular formula is C16H15N3O6. The Morgan fingerprint density at radius 1 is 1.28 bits per heavy atom. The van der Waals surface area contributed by atoms with Crippen LogP contribution < -0.4 is 14.9 Å². The fraction of sp³-hybridized carbons (Fsp3) is 0.125. The van der Waals surface area contributed by atoms with Gasteiger partial charge >= 0.3 is 5.97 Å². The third-order valence-electron chi connectivity index (χ3n) is 3.25. The monoisotopic (exact) mass is 345 g/mol. The van der Waals surface area contributed by atoms with E-state index in [1.165, 1.54) is 44.7 Å². The Bertz CT molecular complexity index is 835. The third-order valence-corrected chi connectivity index (χ3v) is 3.25. The quantitative estimate of drug-likeness (QED) is 0.449. The molecule has 2 aromatic carbocycles. The number of nitrogens with one attached hydrogen (secondary N) is 1. The van der Waals surface area contributed by atoms with E-state index < -0.39 is 10.9 Å². The Labute approximate surface area is 142 Å². The maximum absolute atomic E-state index is 11.5. The minimum absolute atomic E-state index is 0.0781. The molecule has 25 heavy (non-hydrogen) atoms. The molecule has 0 atom stereocenters. The summed E-state index contributed by atoms with van der Waals surface area (Å²) in [6.45, 7) is 0. The number of non-ortho nitro benzene ring substituents is 1. The second kappa shape index (κ2) is 7.77. The number of carbonyl (C=O) groups is 1. The molecule has 2 N–H and O–H groups in total. The Kier molecular flexibility index (Phi) is 5.51. The summed E-state index contributed by atoms with van der Waals surface area (Å²) in [5.41, 5.74) is 3.10. The molecule has 0 aliphatic heterocycles. The molecule has 0 heterocycles. The maximum atomic E-state index is 11.5. The molecule has 130 valence electrons. The minimum Gasteiger partial charge on any atom is -0.493 e. The van der Waals surface area contributed by atoms with Crippen LogP contribution in [0, 0.1) is 10.1 Å². The van der Waals surface area contributed by atoms with E-state index in [0.29, 0.717) is 5.69 Å². The smallest absolute Gasteiger partial charge is 0.340 e. The number of nitro benzene ring substituents is 1. The fourth-order valence-corrected chi connectivity index (χ4v) is 2.14. The van der Waals surface area contributed by atoms with Gasteiger partial charge in [-0.15, -0.1) is 0 Å². The van der Waals surface area contributed by atoms with Crippen molar-refractivity contribution >= 4 is 23.6 Å². The highest BCUT2D eigenvalue weighted by molar-refractivity contribution is 6.01. The molecule has 0 unspecified atom stereocenters. The van der Waals surface area contributed by atoms with Gasteiger partial charge in [0.1, 0.15) is 5.56 Å². The molecule has 2 rings (SSSR count). The molecule has 0 radical (unpaired) electrons. The van der Waals surface area contributed by atoms with Gasteiger partial charge in [-0.2, -0.15) is 5.10 Å². The van der Waals surface area contributed by atoms with Crippen LogP contribution in [0.15, 0.2) is 41.5 Å². The number of benzene rings is 2. The second-order valence-corrected chi connectivity index (χ2v) is 4.75. The zero-order chi connectivity index (χ0) is 18.4. The van der Waals surface area contributed by atoms with Crippen molar-refractivity contribution in [2.24, 2.45) is 5.10 Å². The van der Waals surface area contributed by atoms with Crippen LogP contribution in [0.2, 0.25) is 0 Å². The van der Waals surface area contributed by atoms with Gasteiger partial charge in [-0.1, -0.05) is 6.07 Å². The first-order valence-corrected chi connectivity index (χ1v) is 6.99. The highest BCUT2D eigenvalue weighted by Crippen LogP contribution is 2.32. The number of hydrogen-bond acceptors (Lipinski definition) is 7. The van der Waals surface area contributed by atoms with Gasteiger partial charge in [0.15, 0.2) is 11.5 Å². The van der Waals surface area contributed by atoms with Gasteiger partial charge in [0.05, 0.1) is 31.0 Å². The molecule has 0 fully saturated rings. The third kappa shape index (κ3) is 4.02. The summed E-state index contributed by atoms with van der Waals surface area (Å²) in [5, 5.41) is 24.1. The number of nitrogens with zero attached hydrogens (tertiary/aromatic N) is 2. The second-order valence-electron chi connectivity index (χ2n) is 4.75. The van der Waals surface area contributed by atoms with Crippen LogP contribution in [-0.2, 0) is 0 Å². The van der Waals surface area contributed by atoms with E-state index >= 15 is 0 Å². The van der Waals surface area contributed by atoms with E-state index in [-0.39, 0.29) is 28.3 Å².